The van der Waals surface area contributed by atoms with Gasteiger partial charge in [-0.2, -0.15) is 4.98 Å². The highest BCUT2D eigenvalue weighted by atomic mass is 35.5. The normalized spacial score (nSPS) is 10.4. The zero-order valence-corrected chi connectivity index (χ0v) is 15.1. The summed E-state index contributed by atoms with van der Waals surface area (Å²) in [5.41, 5.74) is 3.84. The first-order valence-electron chi connectivity index (χ1n) is 7.83. The summed E-state index contributed by atoms with van der Waals surface area (Å²) in [7, 11) is 1.63. The van der Waals surface area contributed by atoms with Gasteiger partial charge in [-0.05, 0) is 55.3 Å². The second-order valence-corrected chi connectivity index (χ2v) is 6.09. The van der Waals surface area contributed by atoms with Crippen molar-refractivity contribution in [1.29, 1.82) is 0 Å². The van der Waals surface area contributed by atoms with Crippen LogP contribution in [0.3, 0.4) is 0 Å². The van der Waals surface area contributed by atoms with Crippen molar-refractivity contribution >= 4 is 34.7 Å². The highest BCUT2D eigenvalue weighted by molar-refractivity contribution is 6.31. The summed E-state index contributed by atoms with van der Waals surface area (Å²) in [5.74, 6) is 1.88. The number of rotatable bonds is 5. The minimum absolute atomic E-state index is 0.479. The summed E-state index contributed by atoms with van der Waals surface area (Å²) < 4.78 is 5.37. The monoisotopic (exact) mass is 354 g/mol. The van der Waals surface area contributed by atoms with Crippen molar-refractivity contribution in [1.82, 2.24) is 9.97 Å². The molecule has 1 aromatic heterocycles. The molecule has 0 aliphatic rings. The Labute approximate surface area is 152 Å². The van der Waals surface area contributed by atoms with Gasteiger partial charge in [-0.3, -0.25) is 0 Å². The van der Waals surface area contributed by atoms with Gasteiger partial charge in [0.2, 0.25) is 5.95 Å². The number of anilines is 4. The molecule has 0 bridgehead atoms. The predicted molar refractivity (Wildman–Crippen MR) is 103 cm³/mol. The Morgan fingerprint density at radius 1 is 1.00 bits per heavy atom. The van der Waals surface area contributed by atoms with E-state index in [1.54, 1.807) is 19.4 Å². The lowest BCUT2D eigenvalue weighted by atomic mass is 10.2. The third-order valence-electron chi connectivity index (χ3n) is 3.70. The summed E-state index contributed by atoms with van der Waals surface area (Å²) in [6.45, 7) is 3.98. The first-order valence-corrected chi connectivity index (χ1v) is 8.21. The smallest absolute Gasteiger partial charge is 0.229 e. The largest absolute Gasteiger partial charge is 0.495 e. The van der Waals surface area contributed by atoms with Crippen LogP contribution < -0.4 is 15.4 Å². The predicted octanol–water partition coefficient (Wildman–Crippen LogP) is 5.24. The Bertz CT molecular complexity index is 898. The number of aryl methyl sites for hydroxylation is 2. The van der Waals surface area contributed by atoms with Gasteiger partial charge in [-0.25, -0.2) is 4.98 Å². The van der Waals surface area contributed by atoms with E-state index in [2.05, 4.69) is 20.6 Å². The molecule has 0 aliphatic heterocycles. The minimum Gasteiger partial charge on any atom is -0.495 e. The molecule has 2 N–H and O–H groups in total. The van der Waals surface area contributed by atoms with Crippen LogP contribution in [0.25, 0.3) is 0 Å². The first-order chi connectivity index (χ1) is 12.0. The molecule has 2 aromatic carbocycles. The van der Waals surface area contributed by atoms with E-state index in [0.717, 1.165) is 28.3 Å². The maximum absolute atomic E-state index is 6.17. The van der Waals surface area contributed by atoms with Gasteiger partial charge in [0.05, 0.1) is 12.8 Å². The quantitative estimate of drug-likeness (QED) is 0.656. The number of nitrogens with zero attached hydrogens (tertiary/aromatic N) is 2. The van der Waals surface area contributed by atoms with Gasteiger partial charge in [0.1, 0.15) is 11.6 Å². The maximum Gasteiger partial charge on any atom is 0.229 e. The Kier molecular flexibility index (Phi) is 5.05. The summed E-state index contributed by atoms with van der Waals surface area (Å²) in [5, 5.41) is 7.14. The van der Waals surface area contributed by atoms with E-state index in [0.29, 0.717) is 16.8 Å². The van der Waals surface area contributed by atoms with Crippen LogP contribution in [-0.4, -0.2) is 17.1 Å². The molecule has 3 aromatic rings. The molecule has 0 unspecified atom stereocenters. The molecule has 0 fully saturated rings. The third kappa shape index (κ3) is 4.19. The van der Waals surface area contributed by atoms with Crippen LogP contribution in [0.15, 0.2) is 48.7 Å². The lowest BCUT2D eigenvalue weighted by Crippen LogP contribution is -2.02. The molecule has 0 atom stereocenters. The van der Waals surface area contributed by atoms with Gasteiger partial charge >= 0.3 is 0 Å². The maximum atomic E-state index is 6.17. The van der Waals surface area contributed by atoms with Gasteiger partial charge in [0.25, 0.3) is 0 Å². The molecule has 3 rings (SSSR count). The van der Waals surface area contributed by atoms with Crippen molar-refractivity contribution in [2.75, 3.05) is 17.7 Å². The van der Waals surface area contributed by atoms with Gasteiger partial charge in [0, 0.05) is 16.9 Å². The molecule has 0 spiro atoms. The molecular formula is C19H19ClN4O. The fourth-order valence-electron chi connectivity index (χ4n) is 2.35. The second-order valence-electron chi connectivity index (χ2n) is 5.68. The average Bonchev–Trinajstić information content (AvgIpc) is 2.59. The van der Waals surface area contributed by atoms with E-state index < -0.39 is 0 Å². The van der Waals surface area contributed by atoms with Crippen LogP contribution in [-0.2, 0) is 0 Å². The molecule has 0 amide bonds. The highest BCUT2D eigenvalue weighted by Crippen LogP contribution is 2.28. The van der Waals surface area contributed by atoms with E-state index in [1.807, 2.05) is 50.2 Å². The van der Waals surface area contributed by atoms with Crippen molar-refractivity contribution in [3.63, 3.8) is 0 Å². The van der Waals surface area contributed by atoms with Crippen molar-refractivity contribution < 1.29 is 4.74 Å². The Hall–Kier alpha value is -2.79. The second kappa shape index (κ2) is 7.40. The summed E-state index contributed by atoms with van der Waals surface area (Å²) >= 11 is 6.17. The molecular weight excluding hydrogens is 336 g/mol. The number of benzene rings is 2. The summed E-state index contributed by atoms with van der Waals surface area (Å²) in [6, 6.07) is 13.5. The molecule has 0 saturated heterocycles. The zero-order chi connectivity index (χ0) is 17.8. The molecule has 5 nitrogen and oxygen atoms in total. The molecule has 25 heavy (non-hydrogen) atoms. The lowest BCUT2D eigenvalue weighted by Gasteiger charge is -2.12. The molecule has 0 saturated carbocycles. The summed E-state index contributed by atoms with van der Waals surface area (Å²) in [4.78, 5) is 8.76. The lowest BCUT2D eigenvalue weighted by molar-refractivity contribution is 0.416. The third-order valence-corrected chi connectivity index (χ3v) is 4.11. The number of methoxy groups -OCH3 is 1. The van der Waals surface area contributed by atoms with Crippen LogP contribution in [0.4, 0.5) is 23.1 Å². The number of hydrogen-bond donors (Lipinski definition) is 2. The number of ether oxygens (including phenoxy) is 1. The molecule has 1 heterocycles. The van der Waals surface area contributed by atoms with Gasteiger partial charge in [0.15, 0.2) is 0 Å². The van der Waals surface area contributed by atoms with Crippen molar-refractivity contribution in [2.24, 2.45) is 0 Å². The number of hydrogen-bond acceptors (Lipinski definition) is 5. The van der Waals surface area contributed by atoms with Crippen LogP contribution in [0.5, 0.6) is 5.75 Å². The highest BCUT2D eigenvalue weighted by Gasteiger charge is 2.07. The van der Waals surface area contributed by atoms with Crippen molar-refractivity contribution in [3.05, 3.63) is 64.8 Å². The van der Waals surface area contributed by atoms with E-state index in [4.69, 9.17) is 16.3 Å². The molecule has 0 aliphatic carbocycles. The number of aromatic nitrogens is 2. The van der Waals surface area contributed by atoms with Crippen LogP contribution >= 0.6 is 11.6 Å². The molecule has 128 valence electrons. The van der Waals surface area contributed by atoms with E-state index >= 15 is 0 Å². The summed E-state index contributed by atoms with van der Waals surface area (Å²) in [6.07, 6.45) is 1.69. The SMILES string of the molecule is COc1ccc(C)cc1Nc1nccc(Nc2ccc(C)c(Cl)c2)n1. The van der Waals surface area contributed by atoms with Gasteiger partial charge in [-0.15, -0.1) is 0 Å². The van der Waals surface area contributed by atoms with Crippen LogP contribution in [0.1, 0.15) is 11.1 Å². The minimum atomic E-state index is 0.479. The number of nitrogens with one attached hydrogen (secondary N) is 2. The van der Waals surface area contributed by atoms with Crippen molar-refractivity contribution in [3.8, 4) is 5.75 Å². The fraction of sp³-hybridized carbons (Fsp3) is 0.158. The Balaban J connectivity index is 1.82. The van der Waals surface area contributed by atoms with Gasteiger partial charge in [-0.1, -0.05) is 23.7 Å². The van der Waals surface area contributed by atoms with Crippen molar-refractivity contribution in [2.45, 2.75) is 13.8 Å². The Morgan fingerprint density at radius 3 is 2.60 bits per heavy atom. The van der Waals surface area contributed by atoms with E-state index in [-0.39, 0.29) is 0 Å². The fourth-order valence-corrected chi connectivity index (χ4v) is 2.53. The topological polar surface area (TPSA) is 59.1 Å². The Morgan fingerprint density at radius 2 is 1.84 bits per heavy atom. The van der Waals surface area contributed by atoms with Crippen LogP contribution in [0.2, 0.25) is 5.02 Å². The number of halogens is 1. The van der Waals surface area contributed by atoms with Gasteiger partial charge < -0.3 is 15.4 Å². The molecule has 6 heteroatoms. The first kappa shape index (κ1) is 17.0. The van der Waals surface area contributed by atoms with Crippen LogP contribution in [0, 0.1) is 13.8 Å². The molecule has 0 radical (unpaired) electrons. The van der Waals surface area contributed by atoms with E-state index in [9.17, 15) is 0 Å². The average molecular weight is 355 g/mol. The standard InChI is InChI=1S/C19H19ClN4O/c1-12-4-7-17(25-3)16(10-12)23-19-21-9-8-18(24-19)22-14-6-5-13(2)15(20)11-14/h4-11H,1-3H3,(H2,21,22,23,24). The zero-order valence-electron chi connectivity index (χ0n) is 14.3. The van der Waals surface area contributed by atoms with E-state index in [1.165, 1.54) is 0 Å².